The molecule has 4 heterocycles. The van der Waals surface area contributed by atoms with Crippen molar-refractivity contribution in [3.8, 4) is 11.5 Å². The highest BCUT2D eigenvalue weighted by atomic mass is 19.1. The van der Waals surface area contributed by atoms with Gasteiger partial charge >= 0.3 is 0 Å². The minimum Gasteiger partial charge on any atom is -0.505 e. The quantitative estimate of drug-likeness (QED) is 0.557. The van der Waals surface area contributed by atoms with Crippen molar-refractivity contribution in [2.45, 2.75) is 38.5 Å². The van der Waals surface area contributed by atoms with Crippen molar-refractivity contribution >= 4 is 16.9 Å². The van der Waals surface area contributed by atoms with Crippen LogP contribution in [0.3, 0.4) is 0 Å². The van der Waals surface area contributed by atoms with Gasteiger partial charge in [-0.05, 0) is 31.5 Å². The number of aromatic hydroxyl groups is 1. The first-order valence-corrected chi connectivity index (χ1v) is 11.9. The van der Waals surface area contributed by atoms with Crippen molar-refractivity contribution in [2.75, 3.05) is 33.4 Å². The minimum atomic E-state index is -0.681. The molecule has 0 unspecified atom stereocenters. The van der Waals surface area contributed by atoms with E-state index in [9.17, 15) is 19.1 Å². The Bertz CT molecular complexity index is 1390. The summed E-state index contributed by atoms with van der Waals surface area (Å²) in [6, 6.07) is 6.14. The molecule has 36 heavy (non-hydrogen) atoms. The highest BCUT2D eigenvalue weighted by Gasteiger charge is 2.36. The average molecular weight is 497 g/mol. The van der Waals surface area contributed by atoms with E-state index in [1.807, 2.05) is 0 Å². The fourth-order valence-corrected chi connectivity index (χ4v) is 4.96. The molecule has 1 aromatic carbocycles. The summed E-state index contributed by atoms with van der Waals surface area (Å²) in [7, 11) is 1.40. The third-order valence-corrected chi connectivity index (χ3v) is 6.94. The molecule has 3 aromatic rings. The van der Waals surface area contributed by atoms with E-state index < -0.39 is 23.3 Å². The maximum absolute atomic E-state index is 13.5. The largest absolute Gasteiger partial charge is 0.505 e. The number of benzene rings is 1. The number of morpholine rings is 1. The van der Waals surface area contributed by atoms with Crippen LogP contribution >= 0.6 is 0 Å². The van der Waals surface area contributed by atoms with Crippen molar-refractivity contribution < 1.29 is 23.8 Å². The summed E-state index contributed by atoms with van der Waals surface area (Å²) in [5.74, 6) is -1.06. The van der Waals surface area contributed by atoms with E-state index in [-0.39, 0.29) is 29.0 Å². The first-order chi connectivity index (χ1) is 17.2. The molecule has 0 aliphatic carbocycles. The Hall–Kier alpha value is -3.50. The Morgan fingerprint density at radius 1 is 1.31 bits per heavy atom. The van der Waals surface area contributed by atoms with E-state index in [1.165, 1.54) is 23.7 Å². The van der Waals surface area contributed by atoms with Gasteiger partial charge in [0, 0.05) is 43.9 Å². The Morgan fingerprint density at radius 2 is 2.06 bits per heavy atom. The maximum Gasteiger partial charge on any atom is 0.268 e. The first-order valence-electron chi connectivity index (χ1n) is 11.9. The highest BCUT2D eigenvalue weighted by molar-refractivity contribution is 6.02. The highest BCUT2D eigenvalue weighted by Crippen LogP contribution is 2.38. The molecule has 10 heteroatoms. The van der Waals surface area contributed by atoms with Gasteiger partial charge in [0.15, 0.2) is 11.5 Å². The van der Waals surface area contributed by atoms with Gasteiger partial charge in [-0.1, -0.05) is 12.1 Å². The first kappa shape index (κ1) is 24.2. The summed E-state index contributed by atoms with van der Waals surface area (Å²) in [6.07, 6.45) is 1.57. The van der Waals surface area contributed by atoms with Crippen LogP contribution in [0.5, 0.6) is 11.5 Å². The lowest BCUT2D eigenvalue weighted by atomic mass is 10.0. The van der Waals surface area contributed by atoms with Crippen molar-refractivity contribution in [3.05, 3.63) is 63.3 Å². The van der Waals surface area contributed by atoms with Gasteiger partial charge in [0.25, 0.3) is 11.5 Å². The monoisotopic (exact) mass is 496 g/mol. The van der Waals surface area contributed by atoms with Crippen LogP contribution in [0, 0.1) is 5.82 Å². The van der Waals surface area contributed by atoms with E-state index in [2.05, 4.69) is 29.0 Å². The van der Waals surface area contributed by atoms with E-state index in [4.69, 9.17) is 9.47 Å². The SMILES string of the molecule is CNC(=O)c1c(O)c2ncc(Cc3ccc(F)cc3)c3c2n(c1=O)C[C@H](CN1CCOCC1(C)C)O3. The van der Waals surface area contributed by atoms with Gasteiger partial charge in [-0.25, -0.2) is 4.39 Å². The summed E-state index contributed by atoms with van der Waals surface area (Å²) in [5, 5.41) is 13.3. The lowest BCUT2D eigenvalue weighted by Gasteiger charge is -2.44. The predicted molar refractivity (Wildman–Crippen MR) is 131 cm³/mol. The number of pyridine rings is 2. The minimum absolute atomic E-state index is 0.121. The molecule has 0 saturated carbocycles. The van der Waals surface area contributed by atoms with Crippen molar-refractivity contribution in [3.63, 3.8) is 0 Å². The molecule has 2 N–H and O–H groups in total. The molecule has 190 valence electrons. The number of hydrogen-bond acceptors (Lipinski definition) is 7. The van der Waals surface area contributed by atoms with Crippen LogP contribution in [0.25, 0.3) is 11.0 Å². The predicted octanol–water partition coefficient (Wildman–Crippen LogP) is 2.06. The van der Waals surface area contributed by atoms with Gasteiger partial charge in [0.1, 0.15) is 28.5 Å². The second-order valence-corrected chi connectivity index (χ2v) is 9.88. The fourth-order valence-electron chi connectivity index (χ4n) is 4.96. The second-order valence-electron chi connectivity index (χ2n) is 9.88. The summed E-state index contributed by atoms with van der Waals surface area (Å²) < 4.78 is 27.1. The number of nitrogens with one attached hydrogen (secondary N) is 1. The molecule has 0 radical (unpaired) electrons. The number of carbonyl (C=O) groups excluding carboxylic acids is 1. The van der Waals surface area contributed by atoms with Crippen LogP contribution in [0.15, 0.2) is 35.3 Å². The summed E-state index contributed by atoms with van der Waals surface area (Å²) >= 11 is 0. The maximum atomic E-state index is 13.5. The van der Waals surface area contributed by atoms with Gasteiger partial charge in [-0.3, -0.25) is 24.0 Å². The zero-order chi connectivity index (χ0) is 25.6. The molecule has 1 atom stereocenters. The molecule has 2 aliphatic rings. The number of ether oxygens (including phenoxy) is 2. The number of nitrogens with zero attached hydrogens (tertiary/aromatic N) is 3. The molecule has 2 aliphatic heterocycles. The lowest BCUT2D eigenvalue weighted by Crippen LogP contribution is -2.56. The zero-order valence-electron chi connectivity index (χ0n) is 20.5. The molecule has 0 bridgehead atoms. The van der Waals surface area contributed by atoms with Crippen molar-refractivity contribution in [2.24, 2.45) is 0 Å². The average Bonchev–Trinajstić information content (AvgIpc) is 2.85. The second kappa shape index (κ2) is 9.18. The fraction of sp³-hybridized carbons (Fsp3) is 0.423. The lowest BCUT2D eigenvalue weighted by molar-refractivity contribution is -0.0657. The molecule has 2 aromatic heterocycles. The van der Waals surface area contributed by atoms with Gasteiger partial charge < -0.3 is 19.9 Å². The number of hydrogen-bond donors (Lipinski definition) is 2. The normalized spacial score (nSPS) is 19.2. The van der Waals surface area contributed by atoms with Gasteiger partial charge in [-0.15, -0.1) is 0 Å². The molecule has 1 amide bonds. The number of halogens is 1. The topological polar surface area (TPSA) is 106 Å². The van der Waals surface area contributed by atoms with Gasteiger partial charge in [0.2, 0.25) is 0 Å². The summed E-state index contributed by atoms with van der Waals surface area (Å²) in [4.78, 5) is 32.7. The summed E-state index contributed by atoms with van der Waals surface area (Å²) in [5.41, 5.74) is 0.852. The number of aromatic nitrogens is 2. The van der Waals surface area contributed by atoms with Crippen molar-refractivity contribution in [1.82, 2.24) is 19.8 Å². The third-order valence-electron chi connectivity index (χ3n) is 6.94. The van der Waals surface area contributed by atoms with Crippen molar-refractivity contribution in [1.29, 1.82) is 0 Å². The number of carbonyl (C=O) groups is 1. The van der Waals surface area contributed by atoms with Crippen LogP contribution < -0.4 is 15.6 Å². The standard InChI is InChI=1S/C26H29FN4O5/c1-26(2)14-35-9-8-30(26)12-18-13-31-21-20(22(32)19(25(31)34)24(33)28-3)29-11-16(23(21)36-18)10-15-4-6-17(27)7-5-15/h4-7,11,18,32H,8-10,12-14H2,1-3H3,(H,28,33)/t18-/m0/s1. The molecule has 9 nitrogen and oxygen atoms in total. The van der Waals surface area contributed by atoms with Gasteiger partial charge in [0.05, 0.1) is 19.8 Å². The Kier molecular flexibility index (Phi) is 6.17. The Morgan fingerprint density at radius 3 is 2.75 bits per heavy atom. The van der Waals surface area contributed by atoms with Gasteiger partial charge in [-0.2, -0.15) is 0 Å². The van der Waals surface area contributed by atoms with E-state index >= 15 is 0 Å². The number of rotatable bonds is 5. The molecule has 0 spiro atoms. The van der Waals surface area contributed by atoms with Crippen LogP contribution in [0.1, 0.15) is 35.3 Å². The van der Waals surface area contributed by atoms with Crippen LogP contribution in [-0.2, 0) is 17.7 Å². The Balaban J connectivity index is 1.63. The van der Waals surface area contributed by atoms with E-state index in [0.29, 0.717) is 43.0 Å². The molecule has 1 saturated heterocycles. The molecule has 5 rings (SSSR count). The molecular formula is C26H29FN4O5. The van der Waals surface area contributed by atoms with Crippen LogP contribution in [-0.4, -0.2) is 70.5 Å². The van der Waals surface area contributed by atoms with E-state index in [0.717, 1.165) is 12.1 Å². The third kappa shape index (κ3) is 4.20. The molecular weight excluding hydrogens is 467 g/mol. The molecule has 1 fully saturated rings. The number of amides is 1. The summed E-state index contributed by atoms with van der Waals surface area (Å²) in [6.45, 7) is 6.85. The Labute approximate surface area is 207 Å². The van der Waals surface area contributed by atoms with Crippen LogP contribution in [0.2, 0.25) is 0 Å². The van der Waals surface area contributed by atoms with E-state index in [1.54, 1.807) is 18.3 Å². The zero-order valence-corrected chi connectivity index (χ0v) is 20.5. The van der Waals surface area contributed by atoms with Crippen LogP contribution in [0.4, 0.5) is 4.39 Å². The smallest absolute Gasteiger partial charge is 0.268 e.